The van der Waals surface area contributed by atoms with E-state index in [-0.39, 0.29) is 5.84 Å². The lowest BCUT2D eigenvalue weighted by Crippen LogP contribution is -2.13. The molecule has 2 N–H and O–H groups in total. The first-order chi connectivity index (χ1) is 10.6. The monoisotopic (exact) mass is 291 g/mol. The van der Waals surface area contributed by atoms with Gasteiger partial charge < -0.3 is 10.7 Å². The van der Waals surface area contributed by atoms with Gasteiger partial charge in [-0.05, 0) is 41.8 Å². The molecule has 0 heterocycles. The van der Waals surface area contributed by atoms with Gasteiger partial charge in [0.25, 0.3) is 0 Å². The number of allylic oxidation sites excluding steroid dienone is 1. The number of aldehydes is 1. The Hall–Kier alpha value is -3.01. The van der Waals surface area contributed by atoms with Crippen molar-refractivity contribution < 1.29 is 4.79 Å². The molecule has 4 heteroatoms. The zero-order chi connectivity index (χ0) is 15.9. The number of carbonyl (C=O) groups is 1. The summed E-state index contributed by atoms with van der Waals surface area (Å²) in [4.78, 5) is 15.5. The quantitative estimate of drug-likeness (QED) is 0.497. The Kier molecular flexibility index (Phi) is 4.98. The lowest BCUT2D eigenvalue weighted by Gasteiger charge is -2.07. The van der Waals surface area contributed by atoms with E-state index in [0.29, 0.717) is 11.9 Å². The number of hydrogen-bond donors (Lipinski definition) is 2. The number of nitrogens with zero attached hydrogens (tertiary/aromatic N) is 1. The van der Waals surface area contributed by atoms with Crippen molar-refractivity contribution in [3.8, 4) is 0 Å². The highest BCUT2D eigenvalue weighted by Crippen LogP contribution is 2.18. The molecule has 0 fully saturated rings. The zero-order valence-electron chi connectivity index (χ0n) is 12.3. The van der Waals surface area contributed by atoms with Crippen molar-refractivity contribution >= 4 is 35.3 Å². The summed E-state index contributed by atoms with van der Waals surface area (Å²) in [5.74, 6) is 0.243. The van der Waals surface area contributed by atoms with E-state index in [4.69, 9.17) is 5.41 Å². The number of amidine groups is 1. The number of para-hydroxylation sites is 1. The maximum Gasteiger partial charge on any atom is 0.185 e. The van der Waals surface area contributed by atoms with Crippen molar-refractivity contribution in [3.05, 3.63) is 66.2 Å². The van der Waals surface area contributed by atoms with Gasteiger partial charge in [-0.25, -0.2) is 4.99 Å². The summed E-state index contributed by atoms with van der Waals surface area (Å²) in [7, 11) is 0. The van der Waals surface area contributed by atoms with E-state index >= 15 is 0 Å². The molecule has 0 saturated heterocycles. The van der Waals surface area contributed by atoms with Crippen LogP contribution in [0.3, 0.4) is 0 Å². The molecule has 0 bridgehead atoms. The van der Waals surface area contributed by atoms with E-state index < -0.39 is 0 Å². The molecule has 0 atom stereocenters. The van der Waals surface area contributed by atoms with Crippen LogP contribution in [0.25, 0.3) is 5.57 Å². The molecule has 0 spiro atoms. The minimum atomic E-state index is 0.243. The number of aliphatic imine (C=N–C) groups is 1. The first kappa shape index (κ1) is 15.4. The van der Waals surface area contributed by atoms with Crippen LogP contribution in [0, 0.1) is 12.3 Å². The second-order valence-electron chi connectivity index (χ2n) is 4.77. The fourth-order valence-corrected chi connectivity index (χ4v) is 1.90. The van der Waals surface area contributed by atoms with E-state index in [1.807, 2.05) is 55.5 Å². The number of carbonyl (C=O) groups excluding carboxylic acids is 1. The average Bonchev–Trinajstić information content (AvgIpc) is 2.56. The van der Waals surface area contributed by atoms with Gasteiger partial charge in [-0.15, -0.1) is 0 Å². The Bertz CT molecular complexity index is 730. The van der Waals surface area contributed by atoms with Crippen molar-refractivity contribution in [1.29, 1.82) is 5.41 Å². The van der Waals surface area contributed by atoms with E-state index in [2.05, 4.69) is 16.9 Å². The van der Waals surface area contributed by atoms with Gasteiger partial charge in [0.1, 0.15) is 0 Å². The van der Waals surface area contributed by atoms with Gasteiger partial charge in [0.15, 0.2) is 12.1 Å². The zero-order valence-corrected chi connectivity index (χ0v) is 12.3. The molecule has 0 radical (unpaired) electrons. The smallest absolute Gasteiger partial charge is 0.185 e. The number of benzene rings is 2. The van der Waals surface area contributed by atoms with Gasteiger partial charge in [0, 0.05) is 11.9 Å². The Morgan fingerprint density at radius 1 is 1.18 bits per heavy atom. The van der Waals surface area contributed by atoms with Gasteiger partial charge in [0.05, 0.1) is 5.69 Å². The van der Waals surface area contributed by atoms with E-state index in [1.165, 1.54) is 6.21 Å². The molecule has 0 aliphatic carbocycles. The largest absolute Gasteiger partial charge is 0.337 e. The first-order valence-corrected chi connectivity index (χ1v) is 6.80. The predicted octanol–water partition coefficient (Wildman–Crippen LogP) is 4.00. The highest BCUT2D eigenvalue weighted by Gasteiger charge is 2.02. The third-order valence-electron chi connectivity index (χ3n) is 3.17. The lowest BCUT2D eigenvalue weighted by molar-refractivity contribution is -0.102. The molecule has 110 valence electrons. The summed E-state index contributed by atoms with van der Waals surface area (Å²) in [6.07, 6.45) is 1.90. The van der Waals surface area contributed by atoms with Crippen LogP contribution >= 0.6 is 0 Å². The van der Waals surface area contributed by atoms with E-state index in [9.17, 15) is 4.79 Å². The van der Waals surface area contributed by atoms with E-state index in [0.717, 1.165) is 22.5 Å². The molecule has 22 heavy (non-hydrogen) atoms. The van der Waals surface area contributed by atoms with Gasteiger partial charge >= 0.3 is 0 Å². The SMILES string of the molecule is C=C(C=N)c1ccc(NC(C=O)=Nc2ccccc2C)cc1. The number of rotatable bonds is 5. The Labute approximate surface area is 129 Å². The number of anilines is 1. The van der Waals surface area contributed by atoms with Crippen LogP contribution in [-0.4, -0.2) is 18.3 Å². The van der Waals surface area contributed by atoms with Crippen LogP contribution in [-0.2, 0) is 4.79 Å². The van der Waals surface area contributed by atoms with Crippen molar-refractivity contribution in [2.75, 3.05) is 5.32 Å². The third-order valence-corrected chi connectivity index (χ3v) is 3.17. The number of nitrogens with one attached hydrogen (secondary N) is 2. The highest BCUT2D eigenvalue weighted by atomic mass is 16.1. The number of aryl methyl sites for hydroxylation is 1. The summed E-state index contributed by atoms with van der Waals surface area (Å²) in [5, 5.41) is 10.2. The summed E-state index contributed by atoms with van der Waals surface area (Å²) < 4.78 is 0. The standard InChI is InChI=1S/C18H17N3O/c1-13-5-3-4-6-17(13)21-18(12-22)20-16-9-7-15(8-10-16)14(2)11-19/h3-12,19H,2H2,1H3,(H,20,21). The number of hydrogen-bond acceptors (Lipinski definition) is 3. The Morgan fingerprint density at radius 2 is 1.86 bits per heavy atom. The van der Waals surface area contributed by atoms with Crippen molar-refractivity contribution in [2.24, 2.45) is 4.99 Å². The third kappa shape index (κ3) is 3.76. The van der Waals surface area contributed by atoms with Gasteiger partial charge in [0.2, 0.25) is 0 Å². The summed E-state index contributed by atoms with van der Waals surface area (Å²) in [5.41, 5.74) is 4.01. The second kappa shape index (κ2) is 7.13. The molecule has 0 saturated carbocycles. The van der Waals surface area contributed by atoms with Crippen molar-refractivity contribution in [2.45, 2.75) is 6.92 Å². The molecular weight excluding hydrogens is 274 g/mol. The van der Waals surface area contributed by atoms with Gasteiger partial charge in [-0.2, -0.15) is 0 Å². The maximum absolute atomic E-state index is 11.2. The summed E-state index contributed by atoms with van der Waals surface area (Å²) in [6, 6.07) is 14.9. The molecule has 0 aliphatic rings. The first-order valence-electron chi connectivity index (χ1n) is 6.80. The van der Waals surface area contributed by atoms with Crippen LogP contribution < -0.4 is 5.32 Å². The summed E-state index contributed by atoms with van der Waals surface area (Å²) in [6.45, 7) is 5.72. The molecule has 2 aromatic rings. The van der Waals surface area contributed by atoms with Gasteiger partial charge in [-0.3, -0.25) is 4.79 Å². The lowest BCUT2D eigenvalue weighted by atomic mass is 10.1. The highest BCUT2D eigenvalue weighted by molar-refractivity contribution is 6.33. The molecule has 0 aromatic heterocycles. The van der Waals surface area contributed by atoms with Crippen LogP contribution in [0.4, 0.5) is 11.4 Å². The minimum Gasteiger partial charge on any atom is -0.337 e. The molecule has 2 rings (SSSR count). The van der Waals surface area contributed by atoms with Crippen LogP contribution in [0.15, 0.2) is 60.1 Å². The second-order valence-corrected chi connectivity index (χ2v) is 4.77. The molecule has 0 aliphatic heterocycles. The van der Waals surface area contributed by atoms with Gasteiger partial charge in [-0.1, -0.05) is 36.9 Å². The normalized spacial score (nSPS) is 10.9. The molecule has 2 aromatic carbocycles. The summed E-state index contributed by atoms with van der Waals surface area (Å²) >= 11 is 0. The average molecular weight is 291 g/mol. The maximum atomic E-state index is 11.2. The van der Waals surface area contributed by atoms with Crippen molar-refractivity contribution in [1.82, 2.24) is 0 Å². The van der Waals surface area contributed by atoms with Crippen molar-refractivity contribution in [3.63, 3.8) is 0 Å². The van der Waals surface area contributed by atoms with Crippen LogP contribution in [0.1, 0.15) is 11.1 Å². The fourth-order valence-electron chi connectivity index (χ4n) is 1.90. The molecule has 0 unspecified atom stereocenters. The Balaban J connectivity index is 2.20. The van der Waals surface area contributed by atoms with Crippen LogP contribution in [0.2, 0.25) is 0 Å². The van der Waals surface area contributed by atoms with Crippen LogP contribution in [0.5, 0.6) is 0 Å². The molecule has 0 amide bonds. The fraction of sp³-hybridized carbons (Fsp3) is 0.0556. The predicted molar refractivity (Wildman–Crippen MR) is 92.2 cm³/mol. The minimum absolute atomic E-state index is 0.243. The molecular formula is C18H17N3O. The van der Waals surface area contributed by atoms with E-state index in [1.54, 1.807) is 0 Å². The molecule has 4 nitrogen and oxygen atoms in total. The topological polar surface area (TPSA) is 65.3 Å². The Morgan fingerprint density at radius 3 is 2.45 bits per heavy atom.